The van der Waals surface area contributed by atoms with E-state index in [9.17, 15) is 39.8 Å². The van der Waals surface area contributed by atoms with Crippen LogP contribution in [0.5, 0.6) is 0 Å². The first-order valence-electron chi connectivity index (χ1n) is 25.2. The van der Waals surface area contributed by atoms with Gasteiger partial charge < -0.3 is 39.9 Å². The van der Waals surface area contributed by atoms with Gasteiger partial charge >= 0.3 is 13.8 Å². The van der Waals surface area contributed by atoms with Crippen molar-refractivity contribution in [3.63, 3.8) is 0 Å². The number of carbonyl (C=O) groups excluding carboxylic acids is 1. The number of hydrogen-bond donors (Lipinski definition) is 6. The summed E-state index contributed by atoms with van der Waals surface area (Å²) in [5.74, 6) is -0.486. The molecule has 1 aliphatic carbocycles. The zero-order valence-corrected chi connectivity index (χ0v) is 40.1. The van der Waals surface area contributed by atoms with Gasteiger partial charge in [0.2, 0.25) is 0 Å². The Labute approximate surface area is 377 Å². The fraction of sp³-hybridized carbons (Fsp3) is 0.898. The minimum absolute atomic E-state index is 0.0775. The second kappa shape index (κ2) is 40.1. The van der Waals surface area contributed by atoms with Gasteiger partial charge in [-0.1, -0.05) is 179 Å². The van der Waals surface area contributed by atoms with E-state index >= 15 is 0 Å². The normalized spacial score (nSPS) is 22.1. The van der Waals surface area contributed by atoms with Crippen molar-refractivity contribution in [3.8, 4) is 0 Å². The van der Waals surface area contributed by atoms with Crippen molar-refractivity contribution in [2.45, 2.75) is 262 Å². The molecule has 0 aromatic rings. The molecule has 62 heavy (non-hydrogen) atoms. The number of ether oxygens (including phenoxy) is 2. The molecule has 0 amide bonds. The SMILES string of the molecule is CCCC/C=C\CCCCCCCC(=O)OC(COCCCCCCCCCCCCCC/C=C\CCCCCCCCCC)COP(=O)(O)OC1C(O)C(O)C(O)C(O)C1O. The molecule has 0 saturated heterocycles. The van der Waals surface area contributed by atoms with Gasteiger partial charge in [-0.05, 0) is 57.8 Å². The molecule has 366 valence electrons. The molecule has 1 fully saturated rings. The van der Waals surface area contributed by atoms with Crippen molar-refractivity contribution < 1.29 is 58.3 Å². The number of allylic oxidation sites excluding steroid dienone is 4. The Kier molecular flexibility index (Phi) is 38.1. The number of unbranched alkanes of at least 4 members (excludes halogenated alkanes) is 27. The zero-order valence-electron chi connectivity index (χ0n) is 39.2. The summed E-state index contributed by atoms with van der Waals surface area (Å²) in [6, 6.07) is 0. The molecule has 0 aliphatic heterocycles. The van der Waals surface area contributed by atoms with Crippen molar-refractivity contribution in [1.82, 2.24) is 0 Å². The van der Waals surface area contributed by atoms with Gasteiger partial charge in [-0.3, -0.25) is 13.8 Å². The zero-order chi connectivity index (χ0) is 45.5. The molecule has 1 saturated carbocycles. The van der Waals surface area contributed by atoms with Crippen molar-refractivity contribution in [2.24, 2.45) is 0 Å². The van der Waals surface area contributed by atoms with Crippen LogP contribution >= 0.6 is 7.82 Å². The fourth-order valence-corrected chi connectivity index (χ4v) is 8.72. The summed E-state index contributed by atoms with van der Waals surface area (Å²) in [5, 5.41) is 50.2. The third-order valence-corrected chi connectivity index (χ3v) is 12.8. The van der Waals surface area contributed by atoms with E-state index in [0.717, 1.165) is 57.8 Å². The van der Waals surface area contributed by atoms with Crippen molar-refractivity contribution in [3.05, 3.63) is 24.3 Å². The molecule has 0 radical (unpaired) electrons. The largest absolute Gasteiger partial charge is 0.472 e. The second-order valence-corrected chi connectivity index (χ2v) is 19.1. The van der Waals surface area contributed by atoms with E-state index in [1.807, 2.05) is 0 Å². The molecule has 6 unspecified atom stereocenters. The maximum atomic E-state index is 12.8. The monoisotopic (exact) mass is 905 g/mol. The Morgan fingerprint density at radius 2 is 0.871 bits per heavy atom. The Hall–Kier alpha value is -1.18. The predicted molar refractivity (Wildman–Crippen MR) is 249 cm³/mol. The molecule has 1 rings (SSSR count). The van der Waals surface area contributed by atoms with Crippen LogP contribution in [0.1, 0.15) is 219 Å². The Balaban J connectivity index is 2.27. The van der Waals surface area contributed by atoms with Gasteiger partial charge in [0.15, 0.2) is 0 Å². The molecule has 0 spiro atoms. The van der Waals surface area contributed by atoms with Gasteiger partial charge in [0.1, 0.15) is 42.7 Å². The standard InChI is InChI=1S/C49H93O12P/c1-3-5-7-9-11-13-15-16-17-18-19-20-21-22-23-24-25-26-27-29-31-33-35-37-39-58-40-42(60-43(50)38-36-34-32-30-28-14-12-10-8-6-4-2)41-59-62(56,57)61-49-47(54)45(52)44(51)46(53)48(49)55/h10,12,18-19,42,44-49,51-55H,3-9,11,13-17,20-41H2,1-2H3,(H,56,57)/b12-10-,19-18-. The number of aliphatic hydroxyl groups is 5. The van der Waals surface area contributed by atoms with Gasteiger partial charge in [0.05, 0.1) is 13.2 Å². The molecule has 0 aromatic carbocycles. The molecule has 1 aliphatic rings. The first kappa shape index (κ1) is 58.8. The molecular formula is C49H93O12P. The van der Waals surface area contributed by atoms with Crippen LogP contribution in [-0.4, -0.2) is 98.9 Å². The molecule has 6 N–H and O–H groups in total. The summed E-state index contributed by atoms with van der Waals surface area (Å²) in [5.41, 5.74) is 0. The van der Waals surface area contributed by atoms with E-state index in [0.29, 0.717) is 13.0 Å². The van der Waals surface area contributed by atoms with Crippen LogP contribution in [0, 0.1) is 0 Å². The topological polar surface area (TPSA) is 192 Å². The van der Waals surface area contributed by atoms with E-state index in [4.69, 9.17) is 18.5 Å². The number of phosphoric acid groups is 1. The van der Waals surface area contributed by atoms with Crippen LogP contribution in [0.4, 0.5) is 0 Å². The average molecular weight is 905 g/mol. The third-order valence-electron chi connectivity index (χ3n) is 11.8. The predicted octanol–water partition coefficient (Wildman–Crippen LogP) is 10.9. The summed E-state index contributed by atoms with van der Waals surface area (Å²) in [6.07, 6.45) is 34.1. The highest BCUT2D eigenvalue weighted by atomic mass is 31.2. The van der Waals surface area contributed by atoms with E-state index in [2.05, 4.69) is 38.2 Å². The van der Waals surface area contributed by atoms with Crippen LogP contribution in [0.15, 0.2) is 24.3 Å². The summed E-state index contributed by atoms with van der Waals surface area (Å²) in [7, 11) is -5.02. The smallest absolute Gasteiger partial charge is 0.457 e. The quantitative estimate of drug-likeness (QED) is 0.0147. The highest BCUT2D eigenvalue weighted by molar-refractivity contribution is 7.47. The van der Waals surface area contributed by atoms with E-state index in [-0.39, 0.29) is 13.0 Å². The fourth-order valence-electron chi connectivity index (χ4n) is 7.74. The van der Waals surface area contributed by atoms with Crippen LogP contribution in [-0.2, 0) is 27.9 Å². The van der Waals surface area contributed by atoms with E-state index < -0.39 is 63.1 Å². The maximum Gasteiger partial charge on any atom is 0.472 e. The molecule has 13 heteroatoms. The number of hydrogen-bond acceptors (Lipinski definition) is 11. The maximum absolute atomic E-state index is 12.8. The van der Waals surface area contributed by atoms with Crippen molar-refractivity contribution in [1.29, 1.82) is 0 Å². The van der Waals surface area contributed by atoms with Crippen molar-refractivity contribution in [2.75, 3.05) is 19.8 Å². The van der Waals surface area contributed by atoms with Crippen LogP contribution in [0.25, 0.3) is 0 Å². The van der Waals surface area contributed by atoms with E-state index in [1.165, 1.54) is 135 Å². The lowest BCUT2D eigenvalue weighted by atomic mass is 9.85. The number of aliphatic hydroxyl groups excluding tert-OH is 5. The molecule has 0 bridgehead atoms. The molecule has 0 aromatic heterocycles. The first-order chi connectivity index (χ1) is 30.0. The number of rotatable bonds is 43. The van der Waals surface area contributed by atoms with Crippen LogP contribution < -0.4 is 0 Å². The summed E-state index contributed by atoms with van der Waals surface area (Å²) < 4.78 is 34.2. The second-order valence-electron chi connectivity index (χ2n) is 17.7. The van der Waals surface area contributed by atoms with Gasteiger partial charge in [0.25, 0.3) is 0 Å². The Bertz CT molecular complexity index is 1120. The third kappa shape index (κ3) is 31.7. The summed E-state index contributed by atoms with van der Waals surface area (Å²) in [6.45, 7) is 4.22. The van der Waals surface area contributed by atoms with Gasteiger partial charge in [-0.2, -0.15) is 0 Å². The summed E-state index contributed by atoms with van der Waals surface area (Å²) in [4.78, 5) is 23.1. The average Bonchev–Trinajstić information content (AvgIpc) is 3.26. The first-order valence-corrected chi connectivity index (χ1v) is 26.7. The number of phosphoric ester groups is 1. The highest BCUT2D eigenvalue weighted by Gasteiger charge is 2.51. The lowest BCUT2D eigenvalue weighted by Crippen LogP contribution is -2.64. The van der Waals surface area contributed by atoms with Crippen LogP contribution in [0.3, 0.4) is 0 Å². The Morgan fingerprint density at radius 1 is 0.500 bits per heavy atom. The molecule has 12 nitrogen and oxygen atoms in total. The van der Waals surface area contributed by atoms with Gasteiger partial charge in [-0.25, -0.2) is 4.57 Å². The lowest BCUT2D eigenvalue weighted by molar-refractivity contribution is -0.220. The Morgan fingerprint density at radius 3 is 1.32 bits per heavy atom. The number of esters is 1. The molecule has 0 heterocycles. The van der Waals surface area contributed by atoms with Gasteiger partial charge in [-0.15, -0.1) is 0 Å². The minimum atomic E-state index is -5.02. The van der Waals surface area contributed by atoms with E-state index in [1.54, 1.807) is 0 Å². The van der Waals surface area contributed by atoms with Gasteiger partial charge in [0, 0.05) is 13.0 Å². The highest BCUT2D eigenvalue weighted by Crippen LogP contribution is 2.47. The van der Waals surface area contributed by atoms with Crippen LogP contribution in [0.2, 0.25) is 0 Å². The minimum Gasteiger partial charge on any atom is -0.457 e. The van der Waals surface area contributed by atoms with Crippen molar-refractivity contribution >= 4 is 13.8 Å². The number of carbonyl (C=O) groups is 1. The lowest BCUT2D eigenvalue weighted by Gasteiger charge is -2.41. The molecular weight excluding hydrogens is 812 g/mol. The molecule has 6 atom stereocenters. The summed E-state index contributed by atoms with van der Waals surface area (Å²) >= 11 is 0.